The number of carbonyl (C=O) groups excluding carboxylic acids is 4. The largest absolute Gasteiger partial charge is 0.454 e. The number of benzene rings is 2. The number of imide groups is 1. The molecule has 1 heterocycles. The average molecular weight is 422 g/mol. The molecule has 0 spiro atoms. The molecular weight excluding hydrogens is 396 g/mol. The van der Waals surface area contributed by atoms with Gasteiger partial charge >= 0.3 is 5.97 Å². The molecule has 31 heavy (non-hydrogen) atoms. The third-order valence-electron chi connectivity index (χ3n) is 5.26. The predicted molar refractivity (Wildman–Crippen MR) is 114 cm³/mol. The molecule has 0 saturated heterocycles. The van der Waals surface area contributed by atoms with Crippen LogP contribution in [0.25, 0.3) is 0 Å². The van der Waals surface area contributed by atoms with E-state index in [-0.39, 0.29) is 23.6 Å². The van der Waals surface area contributed by atoms with E-state index in [4.69, 9.17) is 4.74 Å². The van der Waals surface area contributed by atoms with E-state index in [1.165, 1.54) is 0 Å². The second kappa shape index (κ2) is 10.0. The zero-order valence-corrected chi connectivity index (χ0v) is 17.7. The van der Waals surface area contributed by atoms with E-state index in [9.17, 15) is 19.2 Å². The van der Waals surface area contributed by atoms with Gasteiger partial charge in [-0.15, -0.1) is 0 Å². The second-order valence-electron chi connectivity index (χ2n) is 7.49. The van der Waals surface area contributed by atoms with Crippen LogP contribution in [0.3, 0.4) is 0 Å². The summed E-state index contributed by atoms with van der Waals surface area (Å²) in [5.74, 6) is -2.24. The van der Waals surface area contributed by atoms with Crippen LogP contribution >= 0.6 is 0 Å². The van der Waals surface area contributed by atoms with Gasteiger partial charge < -0.3 is 10.1 Å². The van der Waals surface area contributed by atoms with Crippen molar-refractivity contribution >= 4 is 23.7 Å². The highest BCUT2D eigenvalue weighted by molar-refractivity contribution is 6.22. The van der Waals surface area contributed by atoms with Crippen LogP contribution in [0.15, 0.2) is 54.6 Å². The Bertz CT molecular complexity index is 938. The minimum absolute atomic E-state index is 0.250. The van der Waals surface area contributed by atoms with Crippen LogP contribution in [0, 0.1) is 0 Å². The zero-order chi connectivity index (χ0) is 22.4. The summed E-state index contributed by atoms with van der Waals surface area (Å²) in [6.45, 7) is 3.29. The van der Waals surface area contributed by atoms with E-state index in [1.54, 1.807) is 24.3 Å². The van der Waals surface area contributed by atoms with Crippen molar-refractivity contribution in [2.45, 2.75) is 45.2 Å². The highest BCUT2D eigenvalue weighted by atomic mass is 16.5. The lowest BCUT2D eigenvalue weighted by Crippen LogP contribution is -2.46. The predicted octanol–water partition coefficient (Wildman–Crippen LogP) is 3.26. The van der Waals surface area contributed by atoms with E-state index < -0.39 is 36.3 Å². The molecule has 0 aliphatic carbocycles. The highest BCUT2D eigenvalue weighted by Crippen LogP contribution is 2.26. The molecule has 2 aromatic rings. The van der Waals surface area contributed by atoms with E-state index in [0.29, 0.717) is 6.42 Å². The van der Waals surface area contributed by atoms with Crippen molar-refractivity contribution in [1.82, 2.24) is 10.2 Å². The smallest absolute Gasteiger partial charge is 0.329 e. The first-order valence-electron chi connectivity index (χ1n) is 10.4. The molecule has 7 heteroatoms. The number of carbonyl (C=O) groups is 4. The number of nitrogens with zero attached hydrogens (tertiary/aromatic N) is 1. The molecule has 7 nitrogen and oxygen atoms in total. The number of nitrogens with one attached hydrogen (secondary N) is 1. The van der Waals surface area contributed by atoms with Crippen LogP contribution in [-0.4, -0.2) is 41.2 Å². The summed E-state index contributed by atoms with van der Waals surface area (Å²) >= 11 is 0. The molecular formula is C24H26N2O5. The topological polar surface area (TPSA) is 92.8 Å². The Kier molecular flexibility index (Phi) is 7.18. The van der Waals surface area contributed by atoms with Crippen molar-refractivity contribution in [3.8, 4) is 0 Å². The third-order valence-corrected chi connectivity index (χ3v) is 5.26. The third kappa shape index (κ3) is 4.99. The van der Waals surface area contributed by atoms with Crippen LogP contribution in [0.1, 0.15) is 65.4 Å². The fourth-order valence-corrected chi connectivity index (χ4v) is 3.58. The minimum Gasteiger partial charge on any atom is -0.454 e. The van der Waals surface area contributed by atoms with E-state index in [0.717, 1.165) is 16.9 Å². The summed E-state index contributed by atoms with van der Waals surface area (Å²) in [5, 5.41) is 2.77. The number of hydrogen-bond donors (Lipinski definition) is 1. The van der Waals surface area contributed by atoms with Gasteiger partial charge in [0.05, 0.1) is 17.2 Å². The quantitative estimate of drug-likeness (QED) is 0.495. The van der Waals surface area contributed by atoms with Gasteiger partial charge in [-0.2, -0.15) is 0 Å². The highest BCUT2D eigenvalue weighted by Gasteiger charge is 2.43. The first kappa shape index (κ1) is 22.2. The Labute approximate surface area is 181 Å². The van der Waals surface area contributed by atoms with Gasteiger partial charge in [0.15, 0.2) is 6.61 Å². The van der Waals surface area contributed by atoms with Crippen molar-refractivity contribution in [3.05, 3.63) is 71.3 Å². The Morgan fingerprint density at radius 1 is 0.968 bits per heavy atom. The molecule has 0 bridgehead atoms. The SMILES string of the molecule is CCCC[C@H](C(=O)OCC(=O)N[C@H](C)c1ccccc1)N1C(=O)c2ccccc2C1=O. The van der Waals surface area contributed by atoms with E-state index >= 15 is 0 Å². The molecule has 3 rings (SSSR count). The van der Waals surface area contributed by atoms with E-state index in [2.05, 4.69) is 5.32 Å². The summed E-state index contributed by atoms with van der Waals surface area (Å²) in [5.41, 5.74) is 1.47. The summed E-state index contributed by atoms with van der Waals surface area (Å²) in [6.07, 6.45) is 1.69. The zero-order valence-electron chi connectivity index (χ0n) is 17.7. The maximum absolute atomic E-state index is 12.8. The molecule has 162 valence electrons. The van der Waals surface area contributed by atoms with Crippen LogP contribution in [0.5, 0.6) is 0 Å². The molecule has 1 aliphatic heterocycles. The van der Waals surface area contributed by atoms with Crippen molar-refractivity contribution in [2.24, 2.45) is 0 Å². The number of esters is 1. The van der Waals surface area contributed by atoms with Gasteiger partial charge in [0.2, 0.25) is 0 Å². The number of unbranched alkanes of at least 4 members (excludes halogenated alkanes) is 1. The van der Waals surface area contributed by atoms with Crippen molar-refractivity contribution in [3.63, 3.8) is 0 Å². The van der Waals surface area contributed by atoms with Crippen LogP contribution < -0.4 is 5.32 Å². The van der Waals surface area contributed by atoms with E-state index in [1.807, 2.05) is 44.2 Å². The lowest BCUT2D eigenvalue weighted by Gasteiger charge is -2.24. The number of ether oxygens (including phenoxy) is 1. The maximum atomic E-state index is 12.8. The Morgan fingerprint density at radius 3 is 2.13 bits per heavy atom. The summed E-state index contributed by atoms with van der Waals surface area (Å²) < 4.78 is 5.21. The monoisotopic (exact) mass is 422 g/mol. The lowest BCUT2D eigenvalue weighted by atomic mass is 10.1. The molecule has 1 aliphatic rings. The van der Waals surface area contributed by atoms with Crippen LogP contribution in [0.4, 0.5) is 0 Å². The molecule has 0 unspecified atom stereocenters. The van der Waals surface area contributed by atoms with Gasteiger partial charge in [-0.05, 0) is 31.0 Å². The molecule has 2 aromatic carbocycles. The number of rotatable bonds is 9. The van der Waals surface area contributed by atoms with Crippen molar-refractivity contribution in [1.29, 1.82) is 0 Å². The van der Waals surface area contributed by atoms with Gasteiger partial charge in [-0.3, -0.25) is 19.3 Å². The van der Waals surface area contributed by atoms with Gasteiger partial charge in [0.25, 0.3) is 17.7 Å². The minimum atomic E-state index is -1.06. The standard InChI is InChI=1S/C24H26N2O5/c1-3-4-14-20(26-22(28)18-12-8-9-13-19(18)23(26)29)24(30)31-15-21(27)25-16(2)17-10-6-5-7-11-17/h5-13,16,20H,3-4,14-15H2,1-2H3,(H,25,27)/t16-,20-/m1/s1. The van der Waals surface area contributed by atoms with Gasteiger partial charge in [0, 0.05) is 0 Å². The molecule has 0 fully saturated rings. The van der Waals surface area contributed by atoms with Gasteiger partial charge in [-0.25, -0.2) is 4.79 Å². The summed E-state index contributed by atoms with van der Waals surface area (Å²) in [7, 11) is 0. The first-order chi connectivity index (χ1) is 14.9. The average Bonchev–Trinajstić information content (AvgIpc) is 3.04. The molecule has 3 amide bonds. The van der Waals surface area contributed by atoms with Crippen LogP contribution in [-0.2, 0) is 14.3 Å². The number of fused-ring (bicyclic) bond motifs is 1. The summed E-state index contributed by atoms with van der Waals surface area (Å²) in [4.78, 5) is 51.6. The van der Waals surface area contributed by atoms with Crippen LogP contribution in [0.2, 0.25) is 0 Å². The fraction of sp³-hybridized carbons (Fsp3) is 0.333. The Balaban J connectivity index is 1.65. The number of amides is 3. The Morgan fingerprint density at radius 2 is 1.55 bits per heavy atom. The van der Waals surface area contributed by atoms with Gasteiger partial charge in [-0.1, -0.05) is 62.2 Å². The van der Waals surface area contributed by atoms with Gasteiger partial charge in [0.1, 0.15) is 6.04 Å². The molecule has 0 aromatic heterocycles. The maximum Gasteiger partial charge on any atom is 0.329 e. The fourth-order valence-electron chi connectivity index (χ4n) is 3.58. The molecule has 0 radical (unpaired) electrons. The lowest BCUT2D eigenvalue weighted by molar-refractivity contribution is -0.152. The molecule has 0 saturated carbocycles. The molecule has 2 atom stereocenters. The summed E-state index contributed by atoms with van der Waals surface area (Å²) in [6, 6.07) is 14.6. The Hall–Kier alpha value is -3.48. The normalized spacial score (nSPS) is 14.7. The molecule has 1 N–H and O–H groups in total. The van der Waals surface area contributed by atoms with Crippen molar-refractivity contribution < 1.29 is 23.9 Å². The second-order valence-corrected chi connectivity index (χ2v) is 7.49. The number of hydrogen-bond acceptors (Lipinski definition) is 5. The first-order valence-corrected chi connectivity index (χ1v) is 10.4. The van der Waals surface area contributed by atoms with Crippen molar-refractivity contribution in [2.75, 3.05) is 6.61 Å².